The third-order valence-corrected chi connectivity index (χ3v) is 6.78. The Morgan fingerprint density at radius 2 is 1.88 bits per heavy atom. The van der Waals surface area contributed by atoms with Crippen molar-refractivity contribution in [3.63, 3.8) is 0 Å². The zero-order chi connectivity index (χ0) is 18.9. The first-order chi connectivity index (χ1) is 12.4. The second-order valence-corrected chi connectivity index (χ2v) is 8.37. The molecule has 3 rings (SSSR count). The first-order valence-electron chi connectivity index (χ1n) is 8.03. The highest BCUT2D eigenvalue weighted by Gasteiger charge is 2.22. The molecule has 0 bridgehead atoms. The molecule has 0 aliphatic carbocycles. The molecule has 0 atom stereocenters. The first-order valence-corrected chi connectivity index (χ1v) is 10.3. The molecule has 3 heterocycles. The summed E-state index contributed by atoms with van der Waals surface area (Å²) >= 11 is 1.31. The number of fused-ring (bicyclic) bond motifs is 1. The zero-order valence-electron chi connectivity index (χ0n) is 14.3. The van der Waals surface area contributed by atoms with Crippen molar-refractivity contribution in [2.75, 3.05) is 13.1 Å². The summed E-state index contributed by atoms with van der Waals surface area (Å²) in [5, 5.41) is 1.75. The van der Waals surface area contributed by atoms with Gasteiger partial charge in [0.2, 0.25) is 10.0 Å². The number of sulfonamides is 1. The molecular formula is C16H18N4O4S2. The molecule has 8 nitrogen and oxygen atoms in total. The summed E-state index contributed by atoms with van der Waals surface area (Å²) in [5.41, 5.74) is -0.208. The molecule has 138 valence electrons. The van der Waals surface area contributed by atoms with Gasteiger partial charge in [0.25, 0.3) is 11.1 Å². The molecule has 10 heteroatoms. The van der Waals surface area contributed by atoms with Crippen LogP contribution in [0.4, 0.5) is 0 Å². The fourth-order valence-electron chi connectivity index (χ4n) is 2.64. The molecule has 0 spiro atoms. The van der Waals surface area contributed by atoms with Crippen molar-refractivity contribution in [3.8, 4) is 0 Å². The molecule has 3 aromatic heterocycles. The molecule has 26 heavy (non-hydrogen) atoms. The van der Waals surface area contributed by atoms with Crippen LogP contribution in [-0.4, -0.2) is 39.8 Å². The quantitative estimate of drug-likeness (QED) is 0.622. The van der Waals surface area contributed by atoms with Gasteiger partial charge in [0.1, 0.15) is 0 Å². The molecule has 0 radical (unpaired) electrons. The lowest BCUT2D eigenvalue weighted by atomic mass is 10.3. The normalized spacial score (nSPS) is 12.1. The van der Waals surface area contributed by atoms with Crippen LogP contribution in [0.25, 0.3) is 4.96 Å². The van der Waals surface area contributed by atoms with Gasteiger partial charge in [-0.1, -0.05) is 13.8 Å². The van der Waals surface area contributed by atoms with Gasteiger partial charge in [-0.25, -0.2) is 13.4 Å². The molecule has 0 fully saturated rings. The Balaban J connectivity index is 2.02. The van der Waals surface area contributed by atoms with Gasteiger partial charge in [-0.3, -0.25) is 14.0 Å². The van der Waals surface area contributed by atoms with Gasteiger partial charge < -0.3 is 4.57 Å². The summed E-state index contributed by atoms with van der Waals surface area (Å²) in [5.74, 6) is 0. The minimum atomic E-state index is -3.68. The Labute approximate surface area is 154 Å². The number of aromatic nitrogens is 3. The topological polar surface area (TPSA) is 93.8 Å². The van der Waals surface area contributed by atoms with Crippen molar-refractivity contribution in [2.24, 2.45) is 0 Å². The van der Waals surface area contributed by atoms with E-state index in [9.17, 15) is 18.0 Å². The minimum absolute atomic E-state index is 0.0179. The highest BCUT2D eigenvalue weighted by molar-refractivity contribution is 7.89. The summed E-state index contributed by atoms with van der Waals surface area (Å²) in [6.07, 6.45) is 2.93. The third kappa shape index (κ3) is 3.35. The SMILES string of the molecule is CCN(CC)S(=O)(=O)c1ccc(=O)n(Cc2cc(=O)n3ccsc3n2)c1. The molecule has 0 saturated carbocycles. The van der Waals surface area contributed by atoms with Crippen LogP contribution in [0.5, 0.6) is 0 Å². The minimum Gasteiger partial charge on any atom is -0.308 e. The van der Waals surface area contributed by atoms with Gasteiger partial charge in [0.05, 0.1) is 17.1 Å². The van der Waals surface area contributed by atoms with E-state index in [1.807, 2.05) is 0 Å². The van der Waals surface area contributed by atoms with E-state index in [1.54, 1.807) is 25.4 Å². The number of hydrogen-bond donors (Lipinski definition) is 0. The Morgan fingerprint density at radius 3 is 2.58 bits per heavy atom. The van der Waals surface area contributed by atoms with Crippen molar-refractivity contribution < 1.29 is 8.42 Å². The predicted octanol–water partition coefficient (Wildman–Crippen LogP) is 0.996. The lowest BCUT2D eigenvalue weighted by Crippen LogP contribution is -2.32. The highest BCUT2D eigenvalue weighted by atomic mass is 32.2. The highest BCUT2D eigenvalue weighted by Crippen LogP contribution is 2.14. The monoisotopic (exact) mass is 394 g/mol. The van der Waals surface area contributed by atoms with Crippen LogP contribution in [0, 0.1) is 0 Å². The number of hydrogen-bond acceptors (Lipinski definition) is 6. The average molecular weight is 394 g/mol. The lowest BCUT2D eigenvalue weighted by molar-refractivity contribution is 0.444. The summed E-state index contributed by atoms with van der Waals surface area (Å²) in [4.78, 5) is 29.1. The molecule has 0 amide bonds. The number of rotatable bonds is 6. The van der Waals surface area contributed by atoms with Crippen molar-refractivity contribution in [1.29, 1.82) is 0 Å². The van der Waals surface area contributed by atoms with Crippen molar-refractivity contribution in [1.82, 2.24) is 18.3 Å². The van der Waals surface area contributed by atoms with E-state index < -0.39 is 10.0 Å². The van der Waals surface area contributed by atoms with Crippen LogP contribution >= 0.6 is 11.3 Å². The van der Waals surface area contributed by atoms with Crippen LogP contribution in [0.3, 0.4) is 0 Å². The number of thiazole rings is 1. The summed E-state index contributed by atoms with van der Waals surface area (Å²) in [7, 11) is -3.68. The third-order valence-electron chi connectivity index (χ3n) is 3.99. The van der Waals surface area contributed by atoms with Gasteiger partial charge in [-0.05, 0) is 6.07 Å². The average Bonchev–Trinajstić information content (AvgIpc) is 3.06. The molecule has 0 aromatic carbocycles. The van der Waals surface area contributed by atoms with E-state index in [2.05, 4.69) is 4.98 Å². The Kier molecular flexibility index (Phi) is 5.08. The van der Waals surface area contributed by atoms with Gasteiger partial charge >= 0.3 is 0 Å². The van der Waals surface area contributed by atoms with Crippen molar-refractivity contribution >= 4 is 26.3 Å². The molecule has 0 N–H and O–H groups in total. The second kappa shape index (κ2) is 7.14. The summed E-state index contributed by atoms with van der Waals surface area (Å²) in [6.45, 7) is 4.20. The standard InChI is InChI=1S/C16H18N4O4S2/c1-3-19(4-2)26(23,24)13-5-6-14(21)18(11-13)10-12-9-15(22)20-7-8-25-16(20)17-12/h5-9,11H,3-4,10H2,1-2H3. The summed E-state index contributed by atoms with van der Waals surface area (Å²) < 4.78 is 29.3. The van der Waals surface area contributed by atoms with Crippen molar-refractivity contribution in [3.05, 3.63) is 62.4 Å². The van der Waals surface area contributed by atoms with Crippen LogP contribution in [0.15, 0.2) is 50.5 Å². The van der Waals surface area contributed by atoms with E-state index >= 15 is 0 Å². The number of nitrogens with zero attached hydrogens (tertiary/aromatic N) is 4. The smallest absolute Gasteiger partial charge is 0.258 e. The van der Waals surface area contributed by atoms with E-state index in [1.165, 1.54) is 49.0 Å². The maximum absolute atomic E-state index is 12.6. The molecule has 0 saturated heterocycles. The fourth-order valence-corrected chi connectivity index (χ4v) is 4.86. The largest absolute Gasteiger partial charge is 0.308 e. The fraction of sp³-hybridized carbons (Fsp3) is 0.312. The molecule has 0 unspecified atom stereocenters. The van der Waals surface area contributed by atoms with E-state index in [4.69, 9.17) is 0 Å². The molecule has 3 aromatic rings. The van der Waals surface area contributed by atoms with Crippen molar-refractivity contribution in [2.45, 2.75) is 25.3 Å². The predicted molar refractivity (Wildman–Crippen MR) is 99.2 cm³/mol. The summed E-state index contributed by atoms with van der Waals surface area (Å²) in [6, 6.07) is 3.86. The second-order valence-electron chi connectivity index (χ2n) is 5.56. The molecular weight excluding hydrogens is 376 g/mol. The Morgan fingerprint density at radius 1 is 1.15 bits per heavy atom. The Hall–Kier alpha value is -2.30. The van der Waals surface area contributed by atoms with Gasteiger partial charge in [0, 0.05) is 43.0 Å². The Bertz CT molecular complexity index is 1160. The maximum Gasteiger partial charge on any atom is 0.258 e. The van der Waals surface area contributed by atoms with Crippen LogP contribution in [0.2, 0.25) is 0 Å². The van der Waals surface area contributed by atoms with E-state index in [0.29, 0.717) is 23.7 Å². The van der Waals surface area contributed by atoms with Crippen LogP contribution in [-0.2, 0) is 16.6 Å². The molecule has 0 aliphatic rings. The van der Waals surface area contributed by atoms with E-state index in [-0.39, 0.29) is 22.6 Å². The zero-order valence-corrected chi connectivity index (χ0v) is 16.0. The van der Waals surface area contributed by atoms with Crippen LogP contribution in [0.1, 0.15) is 19.5 Å². The van der Waals surface area contributed by atoms with Crippen LogP contribution < -0.4 is 11.1 Å². The number of pyridine rings is 1. The van der Waals surface area contributed by atoms with E-state index in [0.717, 1.165) is 0 Å². The molecule has 0 aliphatic heterocycles. The van der Waals surface area contributed by atoms with Gasteiger partial charge in [0.15, 0.2) is 4.96 Å². The maximum atomic E-state index is 12.6. The van der Waals surface area contributed by atoms with Gasteiger partial charge in [-0.15, -0.1) is 11.3 Å². The lowest BCUT2D eigenvalue weighted by Gasteiger charge is -2.19. The van der Waals surface area contributed by atoms with Gasteiger partial charge in [-0.2, -0.15) is 4.31 Å². The first kappa shape index (κ1) is 18.5.